The first-order chi connectivity index (χ1) is 10.1. The van der Waals surface area contributed by atoms with E-state index in [0.29, 0.717) is 18.7 Å². The van der Waals surface area contributed by atoms with Gasteiger partial charge in [-0.2, -0.15) is 0 Å². The molecule has 3 rings (SSSR count). The van der Waals surface area contributed by atoms with Crippen LogP contribution < -0.4 is 10.6 Å². The van der Waals surface area contributed by atoms with Crippen molar-refractivity contribution >= 4 is 21.8 Å². The normalized spacial score (nSPS) is 28.4. The van der Waals surface area contributed by atoms with Gasteiger partial charge in [0.1, 0.15) is 5.25 Å². The van der Waals surface area contributed by atoms with E-state index in [4.69, 9.17) is 4.42 Å². The third-order valence-corrected chi connectivity index (χ3v) is 6.07. The number of hydrogen-bond donors (Lipinski definition) is 2. The summed E-state index contributed by atoms with van der Waals surface area (Å²) in [4.78, 5) is 12.1. The first-order valence-corrected chi connectivity index (χ1v) is 8.87. The molecule has 9 heteroatoms. The average molecular weight is 314 g/mol. The Morgan fingerprint density at radius 3 is 2.81 bits per heavy atom. The second kappa shape index (κ2) is 5.72. The van der Waals surface area contributed by atoms with Gasteiger partial charge in [-0.15, -0.1) is 5.10 Å². The first-order valence-electron chi connectivity index (χ1n) is 7.15. The van der Waals surface area contributed by atoms with Crippen molar-refractivity contribution < 1.29 is 17.6 Å². The van der Waals surface area contributed by atoms with E-state index in [1.54, 1.807) is 0 Å². The SMILES string of the molecule is O=C(Nc1nnc(C2CCCN2)o1)C1CCCCS1(=O)=O. The van der Waals surface area contributed by atoms with Crippen LogP contribution in [0.1, 0.15) is 44.0 Å². The Balaban J connectivity index is 1.67. The van der Waals surface area contributed by atoms with Crippen LogP contribution in [-0.2, 0) is 14.6 Å². The summed E-state index contributed by atoms with van der Waals surface area (Å²) in [6, 6.07) is -0.0222. The van der Waals surface area contributed by atoms with Gasteiger partial charge in [-0.1, -0.05) is 11.5 Å². The molecule has 1 aromatic rings. The average Bonchev–Trinajstić information content (AvgIpc) is 3.08. The van der Waals surface area contributed by atoms with Gasteiger partial charge in [-0.25, -0.2) is 8.42 Å². The van der Waals surface area contributed by atoms with Crippen LogP contribution >= 0.6 is 0 Å². The highest BCUT2D eigenvalue weighted by atomic mass is 32.2. The summed E-state index contributed by atoms with van der Waals surface area (Å²) < 4.78 is 29.2. The van der Waals surface area contributed by atoms with Crippen LogP contribution in [0, 0.1) is 0 Å². The molecular formula is C12H18N4O4S. The lowest BCUT2D eigenvalue weighted by Gasteiger charge is -2.20. The van der Waals surface area contributed by atoms with Crippen LogP contribution in [0.3, 0.4) is 0 Å². The number of amides is 1. The molecule has 0 spiro atoms. The predicted molar refractivity (Wildman–Crippen MR) is 74.3 cm³/mol. The van der Waals surface area contributed by atoms with Crippen molar-refractivity contribution in [1.29, 1.82) is 0 Å². The minimum absolute atomic E-state index is 0.0153. The van der Waals surface area contributed by atoms with Gasteiger partial charge >= 0.3 is 6.01 Å². The second-order valence-electron chi connectivity index (χ2n) is 5.44. The van der Waals surface area contributed by atoms with E-state index in [0.717, 1.165) is 25.8 Å². The number of rotatable bonds is 3. The minimum Gasteiger partial charge on any atom is -0.406 e. The number of nitrogens with one attached hydrogen (secondary N) is 2. The summed E-state index contributed by atoms with van der Waals surface area (Å²) in [6.45, 7) is 0.898. The maximum absolute atomic E-state index is 12.1. The van der Waals surface area contributed by atoms with Crippen LogP contribution in [0.2, 0.25) is 0 Å². The highest BCUT2D eigenvalue weighted by Gasteiger charge is 2.35. The zero-order chi connectivity index (χ0) is 14.9. The molecule has 0 aromatic carbocycles. The fourth-order valence-electron chi connectivity index (χ4n) is 2.76. The maximum Gasteiger partial charge on any atom is 0.322 e. The lowest BCUT2D eigenvalue weighted by molar-refractivity contribution is -0.116. The van der Waals surface area contributed by atoms with Gasteiger partial charge in [-0.05, 0) is 32.2 Å². The fraction of sp³-hybridized carbons (Fsp3) is 0.750. The van der Waals surface area contributed by atoms with Crippen LogP contribution in [0.4, 0.5) is 6.01 Å². The molecule has 116 valence electrons. The molecule has 0 saturated carbocycles. The van der Waals surface area contributed by atoms with Gasteiger partial charge < -0.3 is 9.73 Å². The topological polar surface area (TPSA) is 114 Å². The Kier molecular flexibility index (Phi) is 3.94. The van der Waals surface area contributed by atoms with Gasteiger partial charge in [-0.3, -0.25) is 10.1 Å². The van der Waals surface area contributed by atoms with E-state index in [2.05, 4.69) is 20.8 Å². The molecule has 2 unspecified atom stereocenters. The Hall–Kier alpha value is -1.48. The first kappa shape index (κ1) is 14.5. The lowest BCUT2D eigenvalue weighted by Crippen LogP contribution is -2.39. The summed E-state index contributed by atoms with van der Waals surface area (Å²) in [5, 5.41) is 12.3. The van der Waals surface area contributed by atoms with E-state index in [9.17, 15) is 13.2 Å². The number of sulfone groups is 1. The van der Waals surface area contributed by atoms with Crippen molar-refractivity contribution in [3.63, 3.8) is 0 Å². The highest BCUT2D eigenvalue weighted by molar-refractivity contribution is 7.92. The molecule has 1 aromatic heterocycles. The molecule has 0 aliphatic carbocycles. The molecule has 8 nitrogen and oxygen atoms in total. The van der Waals surface area contributed by atoms with Crippen molar-refractivity contribution in [2.45, 2.75) is 43.4 Å². The predicted octanol–water partition coefficient (Wildman–Crippen LogP) is 0.400. The zero-order valence-electron chi connectivity index (χ0n) is 11.5. The summed E-state index contributed by atoms with van der Waals surface area (Å²) in [6.07, 6.45) is 3.64. The Labute approximate surface area is 122 Å². The van der Waals surface area contributed by atoms with Gasteiger partial charge in [0.15, 0.2) is 9.84 Å². The quantitative estimate of drug-likeness (QED) is 0.830. The highest BCUT2D eigenvalue weighted by Crippen LogP contribution is 2.24. The third kappa shape index (κ3) is 3.08. The third-order valence-electron chi connectivity index (χ3n) is 3.90. The smallest absolute Gasteiger partial charge is 0.322 e. The molecule has 2 aliphatic rings. The maximum atomic E-state index is 12.1. The number of hydrogen-bond acceptors (Lipinski definition) is 7. The summed E-state index contributed by atoms with van der Waals surface area (Å²) in [7, 11) is -3.37. The van der Waals surface area contributed by atoms with Crippen molar-refractivity contribution in [2.75, 3.05) is 17.6 Å². The van der Waals surface area contributed by atoms with Gasteiger partial charge in [0, 0.05) is 0 Å². The molecule has 1 amide bonds. The Bertz CT molecular complexity index is 621. The van der Waals surface area contributed by atoms with E-state index >= 15 is 0 Å². The number of anilines is 1. The standard InChI is InChI=1S/C12H18N4O4S/c17-10(9-5-1-2-7-21(9,18)19)14-12-16-15-11(20-12)8-4-3-6-13-8/h8-9,13H,1-7H2,(H,14,16,17). The van der Waals surface area contributed by atoms with Crippen LogP contribution in [0.25, 0.3) is 0 Å². The number of aromatic nitrogens is 2. The largest absolute Gasteiger partial charge is 0.406 e. The van der Waals surface area contributed by atoms with Crippen molar-refractivity contribution in [2.24, 2.45) is 0 Å². The van der Waals surface area contributed by atoms with Crippen LogP contribution in [0.5, 0.6) is 0 Å². The Morgan fingerprint density at radius 2 is 2.10 bits per heavy atom. The van der Waals surface area contributed by atoms with E-state index in [1.165, 1.54) is 0 Å². The molecule has 2 N–H and O–H groups in total. The molecule has 2 fully saturated rings. The molecule has 0 radical (unpaired) electrons. The molecule has 2 atom stereocenters. The molecule has 3 heterocycles. The second-order valence-corrected chi connectivity index (χ2v) is 7.74. The molecule has 0 bridgehead atoms. The van der Waals surface area contributed by atoms with Gasteiger partial charge in [0.05, 0.1) is 11.8 Å². The minimum atomic E-state index is -3.37. The van der Waals surface area contributed by atoms with E-state index < -0.39 is 21.0 Å². The summed E-state index contributed by atoms with van der Waals surface area (Å²) in [5.41, 5.74) is 0. The van der Waals surface area contributed by atoms with Gasteiger partial charge in [0.25, 0.3) is 0 Å². The molecule has 2 saturated heterocycles. The lowest BCUT2D eigenvalue weighted by atomic mass is 10.2. The zero-order valence-corrected chi connectivity index (χ0v) is 12.4. The van der Waals surface area contributed by atoms with Crippen molar-refractivity contribution in [1.82, 2.24) is 15.5 Å². The number of carbonyl (C=O) groups excluding carboxylic acids is 1. The molecular weight excluding hydrogens is 296 g/mol. The number of carbonyl (C=O) groups is 1. The monoisotopic (exact) mass is 314 g/mol. The van der Waals surface area contributed by atoms with Crippen LogP contribution in [0.15, 0.2) is 4.42 Å². The van der Waals surface area contributed by atoms with E-state index in [-0.39, 0.29) is 17.8 Å². The van der Waals surface area contributed by atoms with Crippen molar-refractivity contribution in [3.05, 3.63) is 5.89 Å². The van der Waals surface area contributed by atoms with Crippen molar-refractivity contribution in [3.8, 4) is 0 Å². The van der Waals surface area contributed by atoms with E-state index in [1.807, 2.05) is 0 Å². The number of nitrogens with zero attached hydrogens (tertiary/aromatic N) is 2. The summed E-state index contributed by atoms with van der Waals surface area (Å²) >= 11 is 0. The molecule has 21 heavy (non-hydrogen) atoms. The summed E-state index contributed by atoms with van der Waals surface area (Å²) in [5.74, 6) is -0.0924. The Morgan fingerprint density at radius 1 is 1.24 bits per heavy atom. The fourth-order valence-corrected chi connectivity index (χ4v) is 4.56. The molecule has 2 aliphatic heterocycles. The van der Waals surface area contributed by atoms with Crippen LogP contribution in [-0.4, -0.2) is 42.1 Å². The van der Waals surface area contributed by atoms with Gasteiger partial charge in [0.2, 0.25) is 11.8 Å².